The van der Waals surface area contributed by atoms with Crippen LogP contribution in [-0.2, 0) is 17.9 Å². The Bertz CT molecular complexity index is 375. The van der Waals surface area contributed by atoms with Crippen molar-refractivity contribution in [3.8, 4) is 0 Å². The van der Waals surface area contributed by atoms with Crippen molar-refractivity contribution in [2.45, 2.75) is 44.9 Å². The zero-order valence-electron chi connectivity index (χ0n) is 10.9. The molecule has 1 saturated carbocycles. The van der Waals surface area contributed by atoms with Gasteiger partial charge in [0.25, 0.3) is 0 Å². The predicted molar refractivity (Wildman–Crippen MR) is 73.2 cm³/mol. The molecule has 1 aliphatic carbocycles. The highest BCUT2D eigenvalue weighted by molar-refractivity contribution is 5.10. The summed E-state index contributed by atoms with van der Waals surface area (Å²) in [7, 11) is 0. The third-order valence-corrected chi connectivity index (χ3v) is 2.96. The van der Waals surface area contributed by atoms with E-state index in [1.807, 2.05) is 12.1 Å². The van der Waals surface area contributed by atoms with Gasteiger partial charge in [-0.15, -0.1) is 6.58 Å². The first kappa shape index (κ1) is 13.2. The molecule has 0 aromatic carbocycles. The smallest absolute Gasteiger partial charge is 0.0887 e. The third-order valence-electron chi connectivity index (χ3n) is 2.96. The number of aromatic nitrogens is 1. The summed E-state index contributed by atoms with van der Waals surface area (Å²) in [6, 6.07) is 6.87. The van der Waals surface area contributed by atoms with Gasteiger partial charge >= 0.3 is 0 Å². The van der Waals surface area contributed by atoms with Crippen LogP contribution in [0.25, 0.3) is 0 Å². The second kappa shape index (κ2) is 7.29. The van der Waals surface area contributed by atoms with Crippen molar-refractivity contribution < 1.29 is 4.74 Å². The SMILES string of the molecule is C=CCCCOCc1cccc(CNC2CC2)n1. The van der Waals surface area contributed by atoms with Gasteiger partial charge in [-0.1, -0.05) is 12.1 Å². The molecule has 1 aliphatic rings. The maximum atomic E-state index is 5.58. The van der Waals surface area contributed by atoms with Crippen LogP contribution in [0.5, 0.6) is 0 Å². The maximum absolute atomic E-state index is 5.58. The second-order valence-corrected chi connectivity index (χ2v) is 4.76. The van der Waals surface area contributed by atoms with E-state index in [1.165, 1.54) is 12.8 Å². The van der Waals surface area contributed by atoms with Gasteiger partial charge in [-0.3, -0.25) is 4.98 Å². The second-order valence-electron chi connectivity index (χ2n) is 4.76. The van der Waals surface area contributed by atoms with Gasteiger partial charge < -0.3 is 10.1 Å². The number of unbranched alkanes of at least 4 members (excludes halogenated alkanes) is 1. The minimum atomic E-state index is 0.606. The molecular weight excluding hydrogens is 224 g/mol. The Balaban J connectivity index is 1.70. The van der Waals surface area contributed by atoms with Crippen molar-refractivity contribution in [2.75, 3.05) is 6.61 Å². The van der Waals surface area contributed by atoms with Crippen LogP contribution >= 0.6 is 0 Å². The Kier molecular flexibility index (Phi) is 5.36. The van der Waals surface area contributed by atoms with Crippen LogP contribution in [0.15, 0.2) is 30.9 Å². The van der Waals surface area contributed by atoms with E-state index in [-0.39, 0.29) is 0 Å². The topological polar surface area (TPSA) is 34.1 Å². The van der Waals surface area contributed by atoms with Crippen LogP contribution in [0, 0.1) is 0 Å². The van der Waals surface area contributed by atoms with E-state index in [1.54, 1.807) is 0 Å². The van der Waals surface area contributed by atoms with Crippen molar-refractivity contribution in [1.29, 1.82) is 0 Å². The monoisotopic (exact) mass is 246 g/mol. The zero-order chi connectivity index (χ0) is 12.6. The van der Waals surface area contributed by atoms with Crippen LogP contribution in [0.3, 0.4) is 0 Å². The average molecular weight is 246 g/mol. The van der Waals surface area contributed by atoms with E-state index >= 15 is 0 Å². The third kappa shape index (κ3) is 4.98. The molecule has 18 heavy (non-hydrogen) atoms. The summed E-state index contributed by atoms with van der Waals surface area (Å²) in [5.74, 6) is 0. The summed E-state index contributed by atoms with van der Waals surface area (Å²) < 4.78 is 5.58. The van der Waals surface area contributed by atoms with Crippen LogP contribution in [0.4, 0.5) is 0 Å². The zero-order valence-corrected chi connectivity index (χ0v) is 10.9. The highest BCUT2D eigenvalue weighted by Gasteiger charge is 2.20. The normalized spacial score (nSPS) is 14.7. The Morgan fingerprint density at radius 3 is 3.00 bits per heavy atom. The molecule has 0 saturated heterocycles. The molecule has 0 unspecified atom stereocenters. The molecule has 2 rings (SSSR count). The quantitative estimate of drug-likeness (QED) is 0.537. The Labute approximate surface area is 109 Å². The van der Waals surface area contributed by atoms with E-state index in [9.17, 15) is 0 Å². The maximum Gasteiger partial charge on any atom is 0.0887 e. The summed E-state index contributed by atoms with van der Waals surface area (Å²) in [5, 5.41) is 3.47. The lowest BCUT2D eigenvalue weighted by Gasteiger charge is -2.06. The molecule has 0 radical (unpaired) electrons. The summed E-state index contributed by atoms with van der Waals surface area (Å²) in [6.45, 7) is 5.94. The number of allylic oxidation sites excluding steroid dienone is 1. The van der Waals surface area contributed by atoms with E-state index in [0.29, 0.717) is 6.61 Å². The van der Waals surface area contributed by atoms with Gasteiger partial charge in [0, 0.05) is 19.2 Å². The lowest BCUT2D eigenvalue weighted by molar-refractivity contribution is 0.116. The molecule has 3 nitrogen and oxygen atoms in total. The molecule has 0 bridgehead atoms. The molecule has 1 heterocycles. The lowest BCUT2D eigenvalue weighted by Crippen LogP contribution is -2.16. The van der Waals surface area contributed by atoms with Gasteiger partial charge in [0.2, 0.25) is 0 Å². The van der Waals surface area contributed by atoms with Gasteiger partial charge in [-0.2, -0.15) is 0 Å². The number of pyridine rings is 1. The minimum absolute atomic E-state index is 0.606. The van der Waals surface area contributed by atoms with Gasteiger partial charge in [-0.25, -0.2) is 0 Å². The van der Waals surface area contributed by atoms with Gasteiger partial charge in [0.1, 0.15) is 0 Å². The highest BCUT2D eigenvalue weighted by atomic mass is 16.5. The fourth-order valence-corrected chi connectivity index (χ4v) is 1.75. The summed E-state index contributed by atoms with van der Waals surface area (Å²) in [5.41, 5.74) is 2.12. The fourth-order valence-electron chi connectivity index (χ4n) is 1.75. The number of nitrogens with one attached hydrogen (secondary N) is 1. The first-order valence-corrected chi connectivity index (χ1v) is 6.75. The highest BCUT2D eigenvalue weighted by Crippen LogP contribution is 2.19. The molecular formula is C15H22N2O. The van der Waals surface area contributed by atoms with Crippen LogP contribution < -0.4 is 5.32 Å². The summed E-state index contributed by atoms with van der Waals surface area (Å²) in [4.78, 5) is 4.58. The summed E-state index contributed by atoms with van der Waals surface area (Å²) >= 11 is 0. The number of hydrogen-bond donors (Lipinski definition) is 1. The van der Waals surface area contributed by atoms with E-state index in [4.69, 9.17) is 4.74 Å². The Morgan fingerprint density at radius 2 is 2.22 bits per heavy atom. The predicted octanol–water partition coefficient (Wildman–Crippen LogP) is 2.82. The standard InChI is InChI=1S/C15H22N2O/c1-2-3-4-10-18-12-15-7-5-6-14(17-15)11-16-13-8-9-13/h2,5-7,13,16H,1,3-4,8-12H2. The van der Waals surface area contributed by atoms with Crippen LogP contribution in [0.2, 0.25) is 0 Å². The molecule has 0 spiro atoms. The molecule has 1 fully saturated rings. The van der Waals surface area contributed by atoms with Gasteiger partial charge in [-0.05, 0) is 37.8 Å². The lowest BCUT2D eigenvalue weighted by atomic mass is 10.3. The molecule has 0 aliphatic heterocycles. The molecule has 0 amide bonds. The van der Waals surface area contributed by atoms with Crippen LogP contribution in [-0.4, -0.2) is 17.6 Å². The summed E-state index contributed by atoms with van der Waals surface area (Å²) in [6.07, 6.45) is 6.59. The van der Waals surface area contributed by atoms with Gasteiger partial charge in [0.15, 0.2) is 0 Å². The van der Waals surface area contributed by atoms with Crippen molar-refractivity contribution >= 4 is 0 Å². The Hall–Kier alpha value is -1.19. The van der Waals surface area contributed by atoms with Gasteiger partial charge in [0.05, 0.1) is 18.0 Å². The molecule has 98 valence electrons. The van der Waals surface area contributed by atoms with Crippen LogP contribution in [0.1, 0.15) is 37.1 Å². The molecule has 0 atom stereocenters. The molecule has 1 aromatic heterocycles. The first-order valence-electron chi connectivity index (χ1n) is 6.75. The van der Waals surface area contributed by atoms with E-state index < -0.39 is 0 Å². The van der Waals surface area contributed by atoms with Crippen molar-refractivity contribution in [1.82, 2.24) is 10.3 Å². The minimum Gasteiger partial charge on any atom is -0.375 e. The molecule has 1 aromatic rings. The number of nitrogens with zero attached hydrogens (tertiary/aromatic N) is 1. The first-order chi connectivity index (χ1) is 8.88. The average Bonchev–Trinajstić information content (AvgIpc) is 3.21. The van der Waals surface area contributed by atoms with Crippen molar-refractivity contribution in [3.63, 3.8) is 0 Å². The largest absolute Gasteiger partial charge is 0.375 e. The molecule has 3 heteroatoms. The number of ether oxygens (including phenoxy) is 1. The molecule has 1 N–H and O–H groups in total. The Morgan fingerprint density at radius 1 is 1.39 bits per heavy atom. The van der Waals surface area contributed by atoms with Crippen molar-refractivity contribution in [3.05, 3.63) is 42.2 Å². The van der Waals surface area contributed by atoms with E-state index in [2.05, 4.69) is 29.0 Å². The number of rotatable bonds is 9. The van der Waals surface area contributed by atoms with E-state index in [0.717, 1.165) is 43.4 Å². The number of hydrogen-bond acceptors (Lipinski definition) is 3. The van der Waals surface area contributed by atoms with Crippen molar-refractivity contribution in [2.24, 2.45) is 0 Å². The fraction of sp³-hybridized carbons (Fsp3) is 0.533.